The summed E-state index contributed by atoms with van der Waals surface area (Å²) in [5.74, 6) is 0. The molecule has 0 amide bonds. The van der Waals surface area contributed by atoms with E-state index < -0.39 is 14.8 Å². The molecule has 0 N–H and O–H groups in total. The Morgan fingerprint density at radius 1 is 0.682 bits per heavy atom. The minimum Gasteiger partial charge on any atom is -0.373 e. The molecule has 0 spiro atoms. The van der Waals surface area contributed by atoms with E-state index in [1.807, 2.05) is 34.6 Å². The Labute approximate surface area is 161 Å². The van der Waals surface area contributed by atoms with Crippen molar-refractivity contribution in [3.63, 3.8) is 0 Å². The molecule has 3 nitrogen and oxygen atoms in total. The van der Waals surface area contributed by atoms with Crippen LogP contribution in [0, 0.1) is 0 Å². The van der Waals surface area contributed by atoms with Crippen LogP contribution in [0.1, 0.15) is 47.5 Å². The number of hydrogen-bond acceptors (Lipinski definition) is 3. The van der Waals surface area contributed by atoms with Crippen LogP contribution in [0.25, 0.3) is 0 Å². The summed E-state index contributed by atoms with van der Waals surface area (Å²) in [6, 6.07) is -2.58. The minimum atomic E-state index is -2.63. The van der Waals surface area contributed by atoms with Crippen molar-refractivity contribution in [2.45, 2.75) is 57.5 Å². The van der Waals surface area contributed by atoms with E-state index in [1.165, 1.54) is 0 Å². The molecule has 0 aromatic heterocycles. The topological polar surface area (TPSA) is 27.7 Å². The van der Waals surface area contributed by atoms with E-state index in [4.69, 9.17) is 69.7 Å². The van der Waals surface area contributed by atoms with Gasteiger partial charge in [-0.1, -0.05) is 13.8 Å². The summed E-state index contributed by atoms with van der Waals surface area (Å²) in [6.45, 7) is 11.4. The molecule has 0 fully saturated rings. The maximum atomic E-state index is 6.21. The monoisotopic (exact) mass is 450 g/mol. The lowest BCUT2D eigenvalue weighted by atomic mass is 10.6. The van der Waals surface area contributed by atoms with Crippen LogP contribution in [-0.4, -0.2) is 44.6 Å². The first-order chi connectivity index (χ1) is 10.1. The van der Waals surface area contributed by atoms with Crippen LogP contribution in [0.15, 0.2) is 0 Å². The summed E-state index contributed by atoms with van der Waals surface area (Å²) >= 11 is 28.4. The molecule has 0 bridgehead atoms. The van der Waals surface area contributed by atoms with E-state index in [1.54, 1.807) is 0 Å². The third kappa shape index (κ3) is 10.6. The molecule has 2 unspecified atom stereocenters. The largest absolute Gasteiger partial charge is 0.519 e. The zero-order chi connectivity index (χ0) is 17.8. The smallest absolute Gasteiger partial charge is 0.373 e. The third-order valence-electron chi connectivity index (χ3n) is 2.49. The maximum absolute atomic E-state index is 6.21. The summed E-state index contributed by atoms with van der Waals surface area (Å²) in [6.07, 6.45) is 1.53. The lowest BCUT2D eigenvalue weighted by Crippen LogP contribution is -2.54. The SMILES string of the molecule is CCC(Cl)[Si](Cl)(Cl)Cl.CCO[Si](OCC)(OCC)C(Cl)CC. The molecule has 0 saturated carbocycles. The molecule has 0 aliphatic rings. The van der Waals surface area contributed by atoms with Crippen LogP contribution in [0.4, 0.5) is 0 Å². The molecule has 0 aliphatic carbocycles. The van der Waals surface area contributed by atoms with Gasteiger partial charge in [0.25, 0.3) is 0 Å². The highest BCUT2D eigenvalue weighted by Crippen LogP contribution is 2.29. The summed E-state index contributed by atoms with van der Waals surface area (Å²) in [7, 11) is -2.63. The van der Waals surface area contributed by atoms with E-state index in [0.717, 1.165) is 12.8 Å². The molecule has 0 aromatic carbocycles. The van der Waals surface area contributed by atoms with Crippen molar-refractivity contribution in [2.24, 2.45) is 0 Å². The van der Waals surface area contributed by atoms with Crippen molar-refractivity contribution in [3.8, 4) is 0 Å². The van der Waals surface area contributed by atoms with Gasteiger partial charge in [0.1, 0.15) is 5.00 Å². The van der Waals surface area contributed by atoms with Crippen LogP contribution in [0.2, 0.25) is 0 Å². The second-order valence-electron chi connectivity index (χ2n) is 4.20. The van der Waals surface area contributed by atoms with Gasteiger partial charge in [-0.25, -0.2) is 0 Å². The Morgan fingerprint density at radius 2 is 1.00 bits per heavy atom. The van der Waals surface area contributed by atoms with E-state index in [-0.39, 0.29) is 10.0 Å². The molecule has 0 saturated heterocycles. The van der Waals surface area contributed by atoms with Crippen LogP contribution in [0.3, 0.4) is 0 Å². The lowest BCUT2D eigenvalue weighted by molar-refractivity contribution is 0.0686. The molecular formula is C12H27Cl5O3Si2. The molecule has 0 aliphatic heterocycles. The van der Waals surface area contributed by atoms with Gasteiger partial charge in [-0.2, -0.15) is 0 Å². The average Bonchev–Trinajstić information content (AvgIpc) is 2.45. The van der Waals surface area contributed by atoms with Gasteiger partial charge in [-0.3, -0.25) is 0 Å². The zero-order valence-corrected chi connectivity index (χ0v) is 19.6. The third-order valence-corrected chi connectivity index (χ3v) is 12.6. The number of halogens is 5. The van der Waals surface area contributed by atoms with Crippen molar-refractivity contribution in [1.29, 1.82) is 0 Å². The highest BCUT2D eigenvalue weighted by Gasteiger charge is 2.47. The first kappa shape index (κ1) is 26.0. The first-order valence-electron chi connectivity index (χ1n) is 7.41. The van der Waals surface area contributed by atoms with Crippen molar-refractivity contribution in [2.75, 3.05) is 19.8 Å². The fraction of sp³-hybridized carbons (Fsp3) is 1.00. The second-order valence-corrected chi connectivity index (χ2v) is 17.6. The highest BCUT2D eigenvalue weighted by molar-refractivity contribution is 7.66. The van der Waals surface area contributed by atoms with Gasteiger partial charge in [0.05, 0.1) is 5.00 Å². The summed E-state index contributed by atoms with van der Waals surface area (Å²) in [5.41, 5.74) is 0. The maximum Gasteiger partial charge on any atom is 0.519 e. The predicted molar refractivity (Wildman–Crippen MR) is 104 cm³/mol. The first-order valence-corrected chi connectivity index (χ1v) is 15.2. The Morgan fingerprint density at radius 3 is 1.14 bits per heavy atom. The zero-order valence-electron chi connectivity index (χ0n) is 13.8. The van der Waals surface area contributed by atoms with Crippen molar-refractivity contribution >= 4 is 71.2 Å². The van der Waals surface area contributed by atoms with Crippen LogP contribution < -0.4 is 0 Å². The van der Waals surface area contributed by atoms with Gasteiger partial charge >= 0.3 is 14.8 Å². The molecule has 0 aromatic rings. The van der Waals surface area contributed by atoms with Crippen LogP contribution in [0.5, 0.6) is 0 Å². The van der Waals surface area contributed by atoms with Gasteiger partial charge in [0, 0.05) is 19.8 Å². The standard InChI is InChI=1S/C9H21ClO3Si.C3H6Cl4Si/c1-5-9(10)14(11-6-2,12-7-3)13-8-4;1-2-3(4)8(5,6)7/h9H,5-8H2,1-4H3;3H,2H2,1H3. The average molecular weight is 453 g/mol. The molecule has 0 rings (SSSR count). The van der Waals surface area contributed by atoms with Crippen molar-refractivity contribution in [3.05, 3.63) is 0 Å². The number of alkyl halides is 2. The summed E-state index contributed by atoms with van der Waals surface area (Å²) in [4.78, 5) is 0. The van der Waals surface area contributed by atoms with E-state index in [0.29, 0.717) is 19.8 Å². The minimum absolute atomic E-state index is 0.151. The van der Waals surface area contributed by atoms with Crippen molar-refractivity contribution < 1.29 is 13.3 Å². The quantitative estimate of drug-likeness (QED) is 0.238. The summed E-state index contributed by atoms with van der Waals surface area (Å²) in [5, 5.41) is -0.394. The lowest BCUT2D eigenvalue weighted by Gasteiger charge is -2.31. The molecule has 0 heterocycles. The predicted octanol–water partition coefficient (Wildman–Crippen LogP) is 5.79. The summed E-state index contributed by atoms with van der Waals surface area (Å²) < 4.78 is 16.9. The van der Waals surface area contributed by atoms with E-state index in [9.17, 15) is 0 Å². The van der Waals surface area contributed by atoms with E-state index in [2.05, 4.69) is 0 Å². The van der Waals surface area contributed by atoms with Gasteiger partial charge in [-0.05, 0) is 33.6 Å². The molecule has 10 heteroatoms. The molecule has 22 heavy (non-hydrogen) atoms. The van der Waals surface area contributed by atoms with Gasteiger partial charge < -0.3 is 13.3 Å². The normalized spacial score (nSPS) is 15.0. The molecule has 136 valence electrons. The Bertz CT molecular complexity index is 253. The van der Waals surface area contributed by atoms with Crippen LogP contribution in [-0.2, 0) is 13.3 Å². The Hall–Kier alpha value is 1.76. The Kier molecular flexibility index (Phi) is 16.5. The molecule has 2 atom stereocenters. The molecular weight excluding hydrogens is 426 g/mol. The van der Waals surface area contributed by atoms with Gasteiger partial charge in [0.15, 0.2) is 0 Å². The molecule has 0 radical (unpaired) electrons. The second kappa shape index (κ2) is 14.0. The van der Waals surface area contributed by atoms with Crippen molar-refractivity contribution in [1.82, 2.24) is 0 Å². The number of hydrogen-bond donors (Lipinski definition) is 0. The fourth-order valence-electron chi connectivity index (χ4n) is 1.48. The van der Waals surface area contributed by atoms with E-state index >= 15 is 0 Å². The van der Waals surface area contributed by atoms with Gasteiger partial charge in [-0.15, -0.1) is 56.4 Å². The van der Waals surface area contributed by atoms with Gasteiger partial charge in [0.2, 0.25) is 0 Å². The highest BCUT2D eigenvalue weighted by atomic mass is 35.8. The van der Waals surface area contributed by atoms with Crippen LogP contribution >= 0.6 is 56.4 Å². The fourth-order valence-corrected chi connectivity index (χ4v) is 6.40. The Balaban J connectivity index is 0. The number of rotatable bonds is 10.